The molecule has 2 bridgehead atoms. The molecule has 9 heteroatoms. The second-order valence-corrected chi connectivity index (χ2v) is 9.23. The maximum atomic E-state index is 13.9. The standard InChI is InChI=1S/C23H25FN4O4/c1-23(2,3)32-22(30)26-14-10-15-6-7-16(11-14)28(15)21(29)20-27-19(12-31-20)13-5-8-18(25-4)17(24)9-13/h5,8-9,12,14-16H,6-7,10-11H2,1-3H3,(H,26,30). The molecule has 1 N–H and O–H groups in total. The van der Waals surface area contributed by atoms with E-state index in [1.165, 1.54) is 18.4 Å². The summed E-state index contributed by atoms with van der Waals surface area (Å²) in [6.07, 6.45) is 3.84. The highest BCUT2D eigenvalue weighted by atomic mass is 19.1. The lowest BCUT2D eigenvalue weighted by Gasteiger charge is -2.38. The van der Waals surface area contributed by atoms with Gasteiger partial charge in [0.15, 0.2) is 0 Å². The number of carbonyl (C=O) groups is 2. The normalized spacial score (nSPS) is 22.3. The first-order valence-corrected chi connectivity index (χ1v) is 10.6. The minimum absolute atomic E-state index is 0.0214. The average molecular weight is 440 g/mol. The number of amides is 2. The SMILES string of the molecule is [C-]#[N+]c1ccc(-c2coc(C(=O)N3C4CCC3CC(NC(=O)OC(C)(C)C)C4)n2)cc1F. The van der Waals surface area contributed by atoms with E-state index in [4.69, 9.17) is 15.7 Å². The van der Waals surface area contributed by atoms with Crippen molar-refractivity contribution < 1.29 is 23.1 Å². The van der Waals surface area contributed by atoms with Crippen LogP contribution in [0.5, 0.6) is 0 Å². The molecule has 2 aliphatic rings. The van der Waals surface area contributed by atoms with Crippen LogP contribution in [0.2, 0.25) is 0 Å². The van der Waals surface area contributed by atoms with Crippen molar-refractivity contribution in [1.29, 1.82) is 0 Å². The van der Waals surface area contributed by atoms with Crippen LogP contribution in [0.15, 0.2) is 28.9 Å². The summed E-state index contributed by atoms with van der Waals surface area (Å²) in [7, 11) is 0. The third-order valence-electron chi connectivity index (χ3n) is 5.74. The third kappa shape index (κ3) is 4.44. The monoisotopic (exact) mass is 440 g/mol. The lowest BCUT2D eigenvalue weighted by atomic mass is 9.97. The van der Waals surface area contributed by atoms with Gasteiger partial charge in [-0.15, -0.1) is 0 Å². The van der Waals surface area contributed by atoms with Crippen LogP contribution in [-0.4, -0.2) is 45.6 Å². The smallest absolute Gasteiger partial charge is 0.407 e. The first-order chi connectivity index (χ1) is 15.1. The molecule has 2 saturated heterocycles. The molecule has 4 rings (SSSR count). The Morgan fingerprint density at radius 1 is 1.28 bits per heavy atom. The number of aromatic nitrogens is 1. The van der Waals surface area contributed by atoms with Crippen LogP contribution in [0.4, 0.5) is 14.9 Å². The zero-order valence-corrected chi connectivity index (χ0v) is 18.2. The quantitative estimate of drug-likeness (QED) is 0.700. The first kappa shape index (κ1) is 21.8. The molecule has 3 heterocycles. The van der Waals surface area contributed by atoms with Gasteiger partial charge in [0, 0.05) is 23.7 Å². The van der Waals surface area contributed by atoms with Gasteiger partial charge >= 0.3 is 12.0 Å². The summed E-state index contributed by atoms with van der Waals surface area (Å²) in [5, 5.41) is 2.92. The zero-order valence-electron chi connectivity index (χ0n) is 18.2. The molecule has 0 aliphatic carbocycles. The Bertz CT molecular complexity index is 1070. The van der Waals surface area contributed by atoms with Gasteiger partial charge in [-0.2, -0.15) is 0 Å². The minimum Gasteiger partial charge on any atom is -0.444 e. The minimum atomic E-state index is -0.647. The number of oxazole rings is 1. The summed E-state index contributed by atoms with van der Waals surface area (Å²) in [5.74, 6) is -1.01. The van der Waals surface area contributed by atoms with Crippen molar-refractivity contribution in [3.05, 3.63) is 47.6 Å². The number of hydrogen-bond donors (Lipinski definition) is 1. The lowest BCUT2D eigenvalue weighted by Crippen LogP contribution is -2.53. The topological polar surface area (TPSA) is 89.0 Å². The van der Waals surface area contributed by atoms with Crippen LogP contribution in [0.25, 0.3) is 16.1 Å². The molecule has 2 aromatic rings. The number of alkyl carbamates (subject to hydrolysis) is 1. The first-order valence-electron chi connectivity index (χ1n) is 10.6. The van der Waals surface area contributed by atoms with Gasteiger partial charge in [0.1, 0.15) is 23.4 Å². The van der Waals surface area contributed by atoms with Gasteiger partial charge in [0.2, 0.25) is 5.69 Å². The van der Waals surface area contributed by atoms with Crippen LogP contribution in [0, 0.1) is 12.4 Å². The van der Waals surface area contributed by atoms with E-state index in [0.29, 0.717) is 24.1 Å². The number of piperidine rings is 1. The lowest BCUT2D eigenvalue weighted by molar-refractivity contribution is 0.0403. The molecule has 2 fully saturated rings. The number of carbonyl (C=O) groups excluding carboxylic acids is 2. The molecule has 2 atom stereocenters. The van der Waals surface area contributed by atoms with Crippen LogP contribution >= 0.6 is 0 Å². The Kier molecular flexibility index (Phi) is 5.63. The fourth-order valence-corrected chi connectivity index (χ4v) is 4.47. The molecule has 1 aromatic heterocycles. The summed E-state index contributed by atoms with van der Waals surface area (Å²) in [6, 6.07) is 4.04. The molecule has 8 nitrogen and oxygen atoms in total. The number of fused-ring (bicyclic) bond motifs is 2. The van der Waals surface area contributed by atoms with Gasteiger partial charge in [-0.3, -0.25) is 4.79 Å². The molecule has 0 saturated carbocycles. The molecule has 0 spiro atoms. The molecule has 0 radical (unpaired) electrons. The Morgan fingerprint density at radius 2 is 1.97 bits per heavy atom. The van der Waals surface area contributed by atoms with Gasteiger partial charge < -0.3 is 19.4 Å². The van der Waals surface area contributed by atoms with Crippen molar-refractivity contribution in [2.24, 2.45) is 0 Å². The molecule has 2 unspecified atom stereocenters. The fourth-order valence-electron chi connectivity index (χ4n) is 4.47. The Morgan fingerprint density at radius 3 is 2.56 bits per heavy atom. The number of benzene rings is 1. The number of rotatable bonds is 3. The summed E-state index contributed by atoms with van der Waals surface area (Å²) in [5.41, 5.74) is 0.119. The van der Waals surface area contributed by atoms with Crippen LogP contribution in [-0.2, 0) is 4.74 Å². The molecule has 2 amide bonds. The highest BCUT2D eigenvalue weighted by molar-refractivity contribution is 5.91. The number of ether oxygens (including phenoxy) is 1. The zero-order chi connectivity index (χ0) is 23.0. The maximum Gasteiger partial charge on any atom is 0.407 e. The van der Waals surface area contributed by atoms with Crippen molar-refractivity contribution >= 4 is 17.7 Å². The highest BCUT2D eigenvalue weighted by Crippen LogP contribution is 2.37. The van der Waals surface area contributed by atoms with Crippen molar-refractivity contribution in [3.63, 3.8) is 0 Å². The third-order valence-corrected chi connectivity index (χ3v) is 5.74. The van der Waals surface area contributed by atoms with E-state index in [0.717, 1.165) is 12.8 Å². The Hall–Kier alpha value is -3.41. The van der Waals surface area contributed by atoms with Crippen LogP contribution in [0.3, 0.4) is 0 Å². The van der Waals surface area contributed by atoms with Gasteiger partial charge in [-0.05, 0) is 52.5 Å². The summed E-state index contributed by atoms with van der Waals surface area (Å²) >= 11 is 0. The Labute approximate surface area is 185 Å². The van der Waals surface area contributed by atoms with E-state index in [1.54, 1.807) is 11.0 Å². The van der Waals surface area contributed by atoms with E-state index >= 15 is 0 Å². The highest BCUT2D eigenvalue weighted by Gasteiger charge is 2.45. The van der Waals surface area contributed by atoms with Crippen LogP contribution in [0.1, 0.15) is 57.1 Å². The number of halogens is 1. The largest absolute Gasteiger partial charge is 0.444 e. The summed E-state index contributed by atoms with van der Waals surface area (Å²) in [4.78, 5) is 34.4. The molecule has 2 aliphatic heterocycles. The van der Waals surface area contributed by atoms with Crippen molar-refractivity contribution in [1.82, 2.24) is 15.2 Å². The van der Waals surface area contributed by atoms with Crippen molar-refractivity contribution in [2.75, 3.05) is 0 Å². The molecule has 1 aromatic carbocycles. The van der Waals surface area contributed by atoms with E-state index in [-0.39, 0.29) is 35.6 Å². The maximum absolute atomic E-state index is 13.9. The van der Waals surface area contributed by atoms with Gasteiger partial charge in [-0.25, -0.2) is 19.0 Å². The summed E-state index contributed by atoms with van der Waals surface area (Å²) in [6.45, 7) is 12.4. The van der Waals surface area contributed by atoms with Crippen LogP contribution < -0.4 is 5.32 Å². The second-order valence-electron chi connectivity index (χ2n) is 9.23. The number of nitrogens with zero attached hydrogens (tertiary/aromatic N) is 3. The predicted molar refractivity (Wildman–Crippen MR) is 114 cm³/mol. The molecular formula is C23H25FN4O4. The predicted octanol–water partition coefficient (Wildman–Crippen LogP) is 4.69. The van der Waals surface area contributed by atoms with Gasteiger partial charge in [0.25, 0.3) is 5.89 Å². The number of hydrogen-bond acceptors (Lipinski definition) is 5. The average Bonchev–Trinajstić information content (AvgIpc) is 3.29. The van der Waals surface area contributed by atoms with Crippen molar-refractivity contribution in [2.45, 2.75) is 70.2 Å². The van der Waals surface area contributed by atoms with Gasteiger partial charge in [-0.1, -0.05) is 12.1 Å². The number of nitrogens with one attached hydrogen (secondary N) is 1. The summed E-state index contributed by atoms with van der Waals surface area (Å²) < 4.78 is 24.7. The van der Waals surface area contributed by atoms with Crippen molar-refractivity contribution in [3.8, 4) is 11.3 Å². The Balaban J connectivity index is 1.44. The van der Waals surface area contributed by atoms with E-state index < -0.39 is 17.5 Å². The van der Waals surface area contributed by atoms with E-state index in [2.05, 4.69) is 15.1 Å². The molecule has 32 heavy (non-hydrogen) atoms. The molecule has 168 valence electrons. The molecular weight excluding hydrogens is 415 g/mol. The second kappa shape index (κ2) is 8.26. The van der Waals surface area contributed by atoms with Gasteiger partial charge in [0.05, 0.1) is 6.57 Å². The van der Waals surface area contributed by atoms with E-state index in [1.807, 2.05) is 20.8 Å². The van der Waals surface area contributed by atoms with E-state index in [9.17, 15) is 14.0 Å². The fraction of sp³-hybridized carbons (Fsp3) is 0.478.